The average Bonchev–Trinajstić information content (AvgIpc) is 2.56. The van der Waals surface area contributed by atoms with E-state index >= 15 is 0 Å². The van der Waals surface area contributed by atoms with Gasteiger partial charge in [-0.1, -0.05) is 12.1 Å². The molecule has 1 unspecified atom stereocenters. The number of fused-ring (bicyclic) bond motifs is 1. The summed E-state index contributed by atoms with van der Waals surface area (Å²) in [5, 5.41) is 8.74. The minimum Gasteiger partial charge on any atom is -0.481 e. The van der Waals surface area contributed by atoms with Gasteiger partial charge < -0.3 is 5.11 Å². The zero-order valence-corrected chi connectivity index (χ0v) is 9.19. The lowest BCUT2D eigenvalue weighted by Crippen LogP contribution is -2.07. The number of Topliss-reactive ketones (excluding diaryl/α,β-unsaturated/α-hetero) is 1. The highest BCUT2D eigenvalue weighted by molar-refractivity contribution is 5.94. The molecule has 0 saturated heterocycles. The maximum Gasteiger partial charge on any atom is 0.303 e. The van der Waals surface area contributed by atoms with Crippen molar-refractivity contribution in [3.05, 3.63) is 34.9 Å². The largest absolute Gasteiger partial charge is 0.481 e. The SMILES string of the molecule is CC(=O)c1ccc2c(c1)CC(CC(=O)O)C2. The Labute approximate surface area is 94.1 Å². The van der Waals surface area contributed by atoms with Crippen LogP contribution in [-0.4, -0.2) is 16.9 Å². The summed E-state index contributed by atoms with van der Waals surface area (Å²) >= 11 is 0. The van der Waals surface area contributed by atoms with Gasteiger partial charge in [0.1, 0.15) is 0 Å². The predicted octanol–water partition coefficient (Wildman–Crippen LogP) is 2.08. The quantitative estimate of drug-likeness (QED) is 0.790. The normalized spacial score (nSPS) is 18.2. The van der Waals surface area contributed by atoms with E-state index in [0.29, 0.717) is 0 Å². The molecule has 3 nitrogen and oxygen atoms in total. The lowest BCUT2D eigenvalue weighted by molar-refractivity contribution is -0.138. The van der Waals surface area contributed by atoms with Crippen LogP contribution in [0.3, 0.4) is 0 Å². The molecule has 0 radical (unpaired) electrons. The monoisotopic (exact) mass is 218 g/mol. The van der Waals surface area contributed by atoms with Gasteiger partial charge in [0.25, 0.3) is 0 Å². The Balaban J connectivity index is 2.18. The van der Waals surface area contributed by atoms with Gasteiger partial charge in [0, 0.05) is 12.0 Å². The molecule has 1 N–H and O–H groups in total. The van der Waals surface area contributed by atoms with E-state index < -0.39 is 5.97 Å². The lowest BCUT2D eigenvalue weighted by atomic mass is 10.0. The highest BCUT2D eigenvalue weighted by Gasteiger charge is 2.23. The van der Waals surface area contributed by atoms with E-state index in [9.17, 15) is 9.59 Å². The summed E-state index contributed by atoms with van der Waals surface area (Å²) in [6.07, 6.45) is 1.81. The van der Waals surface area contributed by atoms with Gasteiger partial charge in [-0.25, -0.2) is 0 Å². The Morgan fingerprint density at radius 2 is 2.00 bits per heavy atom. The first-order valence-electron chi connectivity index (χ1n) is 5.41. The molecule has 0 bridgehead atoms. The summed E-state index contributed by atoms with van der Waals surface area (Å²) in [5.74, 6) is -0.496. The van der Waals surface area contributed by atoms with E-state index in [1.54, 1.807) is 6.92 Å². The molecule has 3 heteroatoms. The van der Waals surface area contributed by atoms with Gasteiger partial charge in [0.2, 0.25) is 0 Å². The van der Waals surface area contributed by atoms with E-state index in [-0.39, 0.29) is 18.1 Å². The zero-order valence-electron chi connectivity index (χ0n) is 9.19. The maximum atomic E-state index is 11.2. The van der Waals surface area contributed by atoms with Crippen LogP contribution in [-0.2, 0) is 17.6 Å². The summed E-state index contributed by atoms with van der Waals surface area (Å²) in [4.78, 5) is 21.8. The van der Waals surface area contributed by atoms with Crippen LogP contribution < -0.4 is 0 Å². The Kier molecular flexibility index (Phi) is 2.77. The molecule has 16 heavy (non-hydrogen) atoms. The number of hydrogen-bond acceptors (Lipinski definition) is 2. The number of aliphatic carboxylic acids is 1. The zero-order chi connectivity index (χ0) is 11.7. The molecule has 0 amide bonds. The molecule has 1 aromatic carbocycles. The van der Waals surface area contributed by atoms with Crippen molar-refractivity contribution in [3.8, 4) is 0 Å². The highest BCUT2D eigenvalue weighted by atomic mass is 16.4. The van der Waals surface area contributed by atoms with Crippen molar-refractivity contribution in [3.63, 3.8) is 0 Å². The van der Waals surface area contributed by atoms with Crippen molar-refractivity contribution < 1.29 is 14.7 Å². The van der Waals surface area contributed by atoms with Crippen LogP contribution in [0.2, 0.25) is 0 Å². The third-order valence-corrected chi connectivity index (χ3v) is 3.09. The van der Waals surface area contributed by atoms with E-state index in [1.165, 1.54) is 5.56 Å². The molecule has 84 valence electrons. The second-order valence-electron chi connectivity index (χ2n) is 4.41. The molecule has 0 fully saturated rings. The number of carboxylic acid groups (broad SMARTS) is 1. The number of carboxylic acids is 1. The van der Waals surface area contributed by atoms with Gasteiger partial charge in [0.15, 0.2) is 5.78 Å². The first kappa shape index (κ1) is 10.9. The molecule has 2 rings (SSSR count). The van der Waals surface area contributed by atoms with Crippen LogP contribution >= 0.6 is 0 Å². The molecule has 1 aliphatic carbocycles. The Hall–Kier alpha value is -1.64. The minimum absolute atomic E-state index is 0.0597. The Bertz CT molecular complexity index is 448. The summed E-state index contributed by atoms with van der Waals surface area (Å²) in [5.41, 5.74) is 3.05. The molecule has 1 aromatic rings. The van der Waals surface area contributed by atoms with E-state index in [2.05, 4.69) is 0 Å². The van der Waals surface area contributed by atoms with E-state index in [1.807, 2.05) is 18.2 Å². The van der Waals surface area contributed by atoms with Crippen LogP contribution in [0.5, 0.6) is 0 Å². The highest BCUT2D eigenvalue weighted by Crippen LogP contribution is 2.29. The fraction of sp³-hybridized carbons (Fsp3) is 0.385. The number of ketones is 1. The number of hydrogen-bond donors (Lipinski definition) is 1. The number of rotatable bonds is 3. The van der Waals surface area contributed by atoms with Crippen molar-refractivity contribution in [1.82, 2.24) is 0 Å². The minimum atomic E-state index is -0.746. The molecule has 0 aromatic heterocycles. The summed E-state index contributed by atoms with van der Waals surface area (Å²) in [6.45, 7) is 1.55. The van der Waals surface area contributed by atoms with Crippen molar-refractivity contribution in [2.24, 2.45) is 5.92 Å². The van der Waals surface area contributed by atoms with Gasteiger partial charge in [-0.3, -0.25) is 9.59 Å². The third kappa shape index (κ3) is 2.13. The smallest absolute Gasteiger partial charge is 0.303 e. The summed E-state index contributed by atoms with van der Waals surface area (Å²) in [7, 11) is 0. The van der Waals surface area contributed by atoms with Crippen LogP contribution in [0.1, 0.15) is 34.8 Å². The van der Waals surface area contributed by atoms with Crippen molar-refractivity contribution in [1.29, 1.82) is 0 Å². The second-order valence-corrected chi connectivity index (χ2v) is 4.41. The maximum absolute atomic E-state index is 11.2. The number of carbonyl (C=O) groups excluding carboxylic acids is 1. The van der Waals surface area contributed by atoms with Gasteiger partial charge in [-0.05, 0) is 42.9 Å². The summed E-state index contributed by atoms with van der Waals surface area (Å²) in [6, 6.07) is 5.68. The predicted molar refractivity (Wildman–Crippen MR) is 59.6 cm³/mol. The van der Waals surface area contributed by atoms with Gasteiger partial charge >= 0.3 is 5.97 Å². The van der Waals surface area contributed by atoms with Crippen LogP contribution in [0, 0.1) is 5.92 Å². The molecule has 1 aliphatic rings. The Morgan fingerprint density at radius 3 is 2.62 bits per heavy atom. The van der Waals surface area contributed by atoms with Gasteiger partial charge in [0.05, 0.1) is 0 Å². The van der Waals surface area contributed by atoms with Crippen LogP contribution in [0.25, 0.3) is 0 Å². The molecule has 0 heterocycles. The van der Waals surface area contributed by atoms with E-state index in [0.717, 1.165) is 24.0 Å². The topological polar surface area (TPSA) is 54.4 Å². The number of carbonyl (C=O) groups is 2. The standard InChI is InChI=1S/C13H14O3/c1-8(14)10-2-3-11-4-9(6-13(15)16)5-12(11)7-10/h2-3,7,9H,4-6H2,1H3,(H,15,16). The molecular weight excluding hydrogens is 204 g/mol. The first-order chi connectivity index (χ1) is 7.56. The van der Waals surface area contributed by atoms with E-state index in [4.69, 9.17) is 5.11 Å². The lowest BCUT2D eigenvalue weighted by Gasteiger charge is -2.02. The fourth-order valence-corrected chi connectivity index (χ4v) is 2.32. The van der Waals surface area contributed by atoms with Crippen LogP contribution in [0.15, 0.2) is 18.2 Å². The van der Waals surface area contributed by atoms with Crippen molar-refractivity contribution in [2.45, 2.75) is 26.2 Å². The molecular formula is C13H14O3. The first-order valence-corrected chi connectivity index (χ1v) is 5.41. The Morgan fingerprint density at radius 1 is 1.31 bits per heavy atom. The number of benzene rings is 1. The van der Waals surface area contributed by atoms with Gasteiger partial charge in [-0.15, -0.1) is 0 Å². The molecule has 0 saturated carbocycles. The van der Waals surface area contributed by atoms with Crippen LogP contribution in [0.4, 0.5) is 0 Å². The second kappa shape index (κ2) is 4.08. The molecule has 0 spiro atoms. The van der Waals surface area contributed by atoms with Crippen molar-refractivity contribution >= 4 is 11.8 Å². The molecule has 1 atom stereocenters. The van der Waals surface area contributed by atoms with Gasteiger partial charge in [-0.2, -0.15) is 0 Å². The van der Waals surface area contributed by atoms with Crippen molar-refractivity contribution in [2.75, 3.05) is 0 Å². The summed E-state index contributed by atoms with van der Waals surface area (Å²) < 4.78 is 0. The average molecular weight is 218 g/mol. The fourth-order valence-electron chi connectivity index (χ4n) is 2.32. The third-order valence-electron chi connectivity index (χ3n) is 3.09. The molecule has 0 aliphatic heterocycles.